The molecule has 4 nitrogen and oxygen atoms in total. The molecule has 4 heteroatoms. The first-order valence-corrected chi connectivity index (χ1v) is 8.97. The van der Waals surface area contributed by atoms with Crippen molar-refractivity contribution in [3.05, 3.63) is 35.9 Å². The topological polar surface area (TPSA) is 47.3 Å². The van der Waals surface area contributed by atoms with E-state index in [2.05, 4.69) is 42.2 Å². The summed E-state index contributed by atoms with van der Waals surface area (Å²) in [5.74, 6) is 0.781. The number of likely N-dealkylation sites (tertiary alicyclic amines) is 2. The number of carbonyl (C=O) groups is 1. The van der Waals surface area contributed by atoms with Crippen LogP contribution in [0.15, 0.2) is 30.3 Å². The number of carbonyl (C=O) groups excluding carboxylic acids is 1. The molecule has 2 aliphatic heterocycles. The van der Waals surface area contributed by atoms with Crippen LogP contribution in [-0.2, 0) is 11.3 Å². The highest BCUT2D eigenvalue weighted by Crippen LogP contribution is 2.32. The second-order valence-corrected chi connectivity index (χ2v) is 7.76. The van der Waals surface area contributed by atoms with Gasteiger partial charge in [-0.1, -0.05) is 37.3 Å². The predicted octanol–water partition coefficient (Wildman–Crippen LogP) is 2.91. The van der Waals surface area contributed by atoms with E-state index in [4.69, 9.17) is 0 Å². The molecule has 0 aliphatic carbocycles. The highest BCUT2D eigenvalue weighted by atomic mass is 16.2. The Balaban J connectivity index is 1.57. The summed E-state index contributed by atoms with van der Waals surface area (Å²) in [7, 11) is 0. The van der Waals surface area contributed by atoms with Gasteiger partial charge in [-0.25, -0.2) is 0 Å². The largest absolute Gasteiger partial charge is 0.342 e. The van der Waals surface area contributed by atoms with Gasteiger partial charge in [-0.3, -0.25) is 9.69 Å². The van der Waals surface area contributed by atoms with Crippen molar-refractivity contribution in [3.8, 4) is 6.07 Å². The first-order chi connectivity index (χ1) is 11.5. The Labute approximate surface area is 145 Å². The van der Waals surface area contributed by atoms with E-state index in [0.29, 0.717) is 5.92 Å². The Morgan fingerprint density at radius 1 is 1.25 bits per heavy atom. The van der Waals surface area contributed by atoms with Crippen molar-refractivity contribution in [1.29, 1.82) is 5.26 Å². The van der Waals surface area contributed by atoms with Crippen LogP contribution in [0.1, 0.15) is 32.3 Å². The Kier molecular flexibility index (Phi) is 4.91. The molecule has 3 rings (SSSR count). The second kappa shape index (κ2) is 6.94. The van der Waals surface area contributed by atoms with Crippen molar-refractivity contribution >= 4 is 5.91 Å². The third kappa shape index (κ3) is 3.62. The summed E-state index contributed by atoms with van der Waals surface area (Å²) in [6, 6.07) is 12.9. The molecule has 2 fully saturated rings. The lowest BCUT2D eigenvalue weighted by Crippen LogP contribution is -2.45. The van der Waals surface area contributed by atoms with Crippen LogP contribution in [0.5, 0.6) is 0 Å². The summed E-state index contributed by atoms with van der Waals surface area (Å²) < 4.78 is 0. The van der Waals surface area contributed by atoms with Crippen LogP contribution in [-0.4, -0.2) is 41.9 Å². The van der Waals surface area contributed by atoms with Gasteiger partial charge >= 0.3 is 0 Å². The van der Waals surface area contributed by atoms with Gasteiger partial charge in [0, 0.05) is 32.7 Å². The number of benzene rings is 1. The van der Waals surface area contributed by atoms with E-state index < -0.39 is 0 Å². The molecule has 0 spiro atoms. The molecule has 1 amide bonds. The molecule has 0 saturated carbocycles. The maximum atomic E-state index is 12.9. The van der Waals surface area contributed by atoms with E-state index >= 15 is 0 Å². The van der Waals surface area contributed by atoms with Crippen LogP contribution >= 0.6 is 0 Å². The van der Waals surface area contributed by atoms with Gasteiger partial charge in [0.05, 0.1) is 17.4 Å². The lowest BCUT2D eigenvalue weighted by Gasteiger charge is -2.36. The number of hydrogen-bond donors (Lipinski definition) is 0. The maximum Gasteiger partial charge on any atom is 0.227 e. The molecule has 2 atom stereocenters. The molecule has 0 bridgehead atoms. The van der Waals surface area contributed by atoms with Crippen molar-refractivity contribution < 1.29 is 4.79 Å². The molecule has 1 aromatic carbocycles. The van der Waals surface area contributed by atoms with Gasteiger partial charge in [-0.05, 0) is 31.2 Å². The van der Waals surface area contributed by atoms with Gasteiger partial charge < -0.3 is 4.90 Å². The monoisotopic (exact) mass is 325 g/mol. The number of nitrogens with zero attached hydrogens (tertiary/aromatic N) is 3. The zero-order chi connectivity index (χ0) is 17.2. The number of piperidine rings is 1. The number of amides is 1. The molecule has 0 aromatic heterocycles. The Morgan fingerprint density at radius 2 is 1.92 bits per heavy atom. The van der Waals surface area contributed by atoms with Crippen molar-refractivity contribution in [2.45, 2.75) is 33.2 Å². The van der Waals surface area contributed by atoms with Crippen LogP contribution in [0.4, 0.5) is 0 Å². The quantitative estimate of drug-likeness (QED) is 0.858. The molecular formula is C20H27N3O. The molecule has 2 saturated heterocycles. The highest BCUT2D eigenvalue weighted by molar-refractivity contribution is 5.80. The average molecular weight is 325 g/mol. The smallest absolute Gasteiger partial charge is 0.227 e. The second-order valence-electron chi connectivity index (χ2n) is 7.76. The van der Waals surface area contributed by atoms with Gasteiger partial charge in [-0.2, -0.15) is 5.26 Å². The summed E-state index contributed by atoms with van der Waals surface area (Å²) in [6.07, 6.45) is 1.59. The van der Waals surface area contributed by atoms with Crippen LogP contribution < -0.4 is 0 Å². The summed E-state index contributed by atoms with van der Waals surface area (Å²) in [5, 5.41) is 9.24. The summed E-state index contributed by atoms with van der Waals surface area (Å²) >= 11 is 0. The molecule has 24 heavy (non-hydrogen) atoms. The Bertz CT molecular complexity index is 614. The summed E-state index contributed by atoms with van der Waals surface area (Å²) in [4.78, 5) is 17.3. The minimum absolute atomic E-state index is 0.0974. The van der Waals surface area contributed by atoms with E-state index in [-0.39, 0.29) is 17.2 Å². The molecule has 1 aromatic rings. The maximum absolute atomic E-state index is 12.9. The average Bonchev–Trinajstić information content (AvgIpc) is 2.96. The normalized spacial score (nSPS) is 27.0. The van der Waals surface area contributed by atoms with E-state index in [1.165, 1.54) is 5.56 Å². The molecule has 0 N–H and O–H groups in total. The van der Waals surface area contributed by atoms with E-state index in [9.17, 15) is 10.1 Å². The lowest BCUT2D eigenvalue weighted by atomic mass is 9.81. The van der Waals surface area contributed by atoms with Crippen LogP contribution in [0, 0.1) is 28.6 Å². The molecule has 2 heterocycles. The van der Waals surface area contributed by atoms with E-state index in [0.717, 1.165) is 45.6 Å². The van der Waals surface area contributed by atoms with Crippen molar-refractivity contribution in [1.82, 2.24) is 9.80 Å². The number of rotatable bonds is 3. The van der Waals surface area contributed by atoms with Gasteiger partial charge in [0.1, 0.15) is 0 Å². The van der Waals surface area contributed by atoms with Gasteiger partial charge in [0.25, 0.3) is 0 Å². The third-order valence-electron chi connectivity index (χ3n) is 5.70. The fourth-order valence-electron chi connectivity index (χ4n) is 3.93. The van der Waals surface area contributed by atoms with Crippen molar-refractivity contribution in [3.63, 3.8) is 0 Å². The molecule has 0 unspecified atom stereocenters. The van der Waals surface area contributed by atoms with Crippen molar-refractivity contribution in [2.24, 2.45) is 17.3 Å². The predicted molar refractivity (Wildman–Crippen MR) is 93.9 cm³/mol. The fraction of sp³-hybridized carbons (Fsp3) is 0.600. The first-order valence-electron chi connectivity index (χ1n) is 8.97. The fourth-order valence-corrected chi connectivity index (χ4v) is 3.93. The molecule has 128 valence electrons. The Morgan fingerprint density at radius 3 is 2.54 bits per heavy atom. The standard InChI is InChI=1S/C20H27N3O/c1-16-12-22(13-17-6-4-3-5-7-17)14-18(16)19(24)23-10-8-20(2,15-21)9-11-23/h3-7,16,18H,8-14H2,1-2H3/t16-,18-/m1/s1. The van der Waals surface area contributed by atoms with Gasteiger partial charge in [0.15, 0.2) is 0 Å². The molecule has 2 aliphatic rings. The third-order valence-corrected chi connectivity index (χ3v) is 5.70. The summed E-state index contributed by atoms with van der Waals surface area (Å²) in [6.45, 7) is 8.40. The first kappa shape index (κ1) is 17.0. The van der Waals surface area contributed by atoms with Gasteiger partial charge in [-0.15, -0.1) is 0 Å². The number of nitriles is 1. The van der Waals surface area contributed by atoms with Crippen molar-refractivity contribution in [2.75, 3.05) is 26.2 Å². The minimum atomic E-state index is -0.253. The molecule has 0 radical (unpaired) electrons. The zero-order valence-corrected chi connectivity index (χ0v) is 14.7. The van der Waals surface area contributed by atoms with Gasteiger partial charge in [0.2, 0.25) is 5.91 Å². The van der Waals surface area contributed by atoms with E-state index in [1.54, 1.807) is 0 Å². The number of hydrogen-bond acceptors (Lipinski definition) is 3. The van der Waals surface area contributed by atoms with Crippen LogP contribution in [0.2, 0.25) is 0 Å². The van der Waals surface area contributed by atoms with Crippen LogP contribution in [0.3, 0.4) is 0 Å². The van der Waals surface area contributed by atoms with E-state index in [1.807, 2.05) is 17.9 Å². The highest BCUT2D eigenvalue weighted by Gasteiger charge is 2.39. The minimum Gasteiger partial charge on any atom is -0.342 e. The van der Waals surface area contributed by atoms with Crippen LogP contribution in [0.25, 0.3) is 0 Å². The lowest BCUT2D eigenvalue weighted by molar-refractivity contribution is -0.137. The molecular weight excluding hydrogens is 298 g/mol. The zero-order valence-electron chi connectivity index (χ0n) is 14.7. The SMILES string of the molecule is C[C@@H]1CN(Cc2ccccc2)C[C@H]1C(=O)N1CCC(C)(C#N)CC1. The Hall–Kier alpha value is -1.86. The summed E-state index contributed by atoms with van der Waals surface area (Å²) in [5.41, 5.74) is 1.05.